The summed E-state index contributed by atoms with van der Waals surface area (Å²) in [5, 5.41) is 35.2. The monoisotopic (exact) mass is 1350 g/mol. The van der Waals surface area contributed by atoms with Gasteiger partial charge in [-0.15, -0.1) is 0 Å². The lowest BCUT2D eigenvalue weighted by molar-refractivity contribution is -0.171. The number of hydrogen-bond acceptors (Lipinski definition) is 21. The molecule has 9 amide bonds. The van der Waals surface area contributed by atoms with Gasteiger partial charge in [-0.1, -0.05) is 44.2 Å². The van der Waals surface area contributed by atoms with Crippen LogP contribution in [-0.4, -0.2) is 204 Å². The molecule has 0 bridgehead atoms. The largest absolute Gasteiger partial charge is 0.494 e. The third kappa shape index (κ3) is 30.6. The van der Waals surface area contributed by atoms with Crippen LogP contribution in [0.25, 0.3) is 0 Å². The highest BCUT2D eigenvalue weighted by Gasteiger charge is 2.39. The number of ether oxygens (including phenoxy) is 4. The molecule has 0 spiro atoms. The first kappa shape index (κ1) is 77.4. The Morgan fingerprint density at radius 3 is 1.91 bits per heavy atom. The zero-order chi connectivity index (χ0) is 69.1. The number of carboxylic acids is 1. The number of alkyl halides is 3. The fourth-order valence-electron chi connectivity index (χ4n) is 8.31. The summed E-state index contributed by atoms with van der Waals surface area (Å²) in [4.78, 5) is 135. The Kier molecular flexibility index (Phi) is 33.6. The minimum atomic E-state index is -5.24. The molecule has 1 saturated heterocycles. The van der Waals surface area contributed by atoms with E-state index in [1.54, 1.807) is 68.4 Å². The Morgan fingerprint density at radius 2 is 1.32 bits per heavy atom. The number of nitrogens with one attached hydrogen (secondary N) is 10. The van der Waals surface area contributed by atoms with Crippen LogP contribution in [0.2, 0.25) is 0 Å². The molecular formula is C58H81F3N14O18S. The van der Waals surface area contributed by atoms with Crippen LogP contribution >= 0.6 is 10.9 Å². The molecule has 36 heteroatoms. The van der Waals surface area contributed by atoms with E-state index in [1.807, 2.05) is 0 Å². The number of halogens is 3. The molecule has 0 saturated carbocycles. The fourth-order valence-corrected chi connectivity index (χ4v) is 9.01. The number of rotatable bonds is 36. The number of hydrogen-bond donors (Lipinski definition) is 15. The SMILES string of the molecule is CC(C)[C@@H]1NC(=O)[C@@H](Cc2ccc(OCCCNC(=O)CCC(=O)NCCCOCCOCCOCCCNC(=O)c3ccc(N/N=C/c4ccccc4S(O)(O)O)nc3)cc2)NC(=O)[C@H](CC(=O)O)NC(=O)CNC(=O)[C@H](CCCN=C(N)NC(=O)C(F)(F)F)NC1=O. The molecule has 94 heavy (non-hydrogen) atoms. The molecule has 3 aromatic rings. The zero-order valence-corrected chi connectivity index (χ0v) is 52.4. The number of pyridine rings is 1. The van der Waals surface area contributed by atoms with Crippen molar-refractivity contribution in [2.75, 3.05) is 84.4 Å². The number of nitrogens with two attached hydrogens (primary N) is 1. The molecule has 1 aliphatic heterocycles. The van der Waals surface area contributed by atoms with Gasteiger partial charge in [-0.25, -0.2) is 4.98 Å². The number of amides is 9. The van der Waals surface area contributed by atoms with Gasteiger partial charge in [0.25, 0.3) is 5.91 Å². The second-order valence-electron chi connectivity index (χ2n) is 21.1. The van der Waals surface area contributed by atoms with Crippen molar-refractivity contribution in [1.29, 1.82) is 0 Å². The van der Waals surface area contributed by atoms with E-state index in [-0.39, 0.29) is 74.4 Å². The van der Waals surface area contributed by atoms with Crippen molar-refractivity contribution in [3.63, 3.8) is 0 Å². The molecule has 0 radical (unpaired) electrons. The number of guanidine groups is 1. The highest BCUT2D eigenvalue weighted by Crippen LogP contribution is 2.44. The first-order valence-electron chi connectivity index (χ1n) is 29.7. The predicted molar refractivity (Wildman–Crippen MR) is 333 cm³/mol. The molecule has 1 fully saturated rings. The Hall–Kier alpha value is -9.07. The van der Waals surface area contributed by atoms with Crippen molar-refractivity contribution in [1.82, 2.24) is 52.8 Å². The number of hydrazone groups is 1. The minimum absolute atomic E-state index is 0.0283. The van der Waals surface area contributed by atoms with Crippen LogP contribution in [-0.2, 0) is 63.8 Å². The average molecular weight is 1350 g/mol. The van der Waals surface area contributed by atoms with E-state index in [9.17, 15) is 79.9 Å². The van der Waals surface area contributed by atoms with Gasteiger partial charge >= 0.3 is 18.1 Å². The Balaban J connectivity index is 1.07. The number of benzene rings is 2. The summed E-state index contributed by atoms with van der Waals surface area (Å²) < 4.78 is 89.0. The number of aliphatic imine (C=N–C) groups is 1. The van der Waals surface area contributed by atoms with Crippen molar-refractivity contribution in [2.24, 2.45) is 21.7 Å². The Morgan fingerprint density at radius 1 is 0.723 bits per heavy atom. The van der Waals surface area contributed by atoms with E-state index in [0.29, 0.717) is 100 Å². The van der Waals surface area contributed by atoms with Gasteiger partial charge < -0.3 is 86.0 Å². The molecule has 0 aliphatic carbocycles. The van der Waals surface area contributed by atoms with Crippen LogP contribution in [0.15, 0.2) is 81.8 Å². The van der Waals surface area contributed by atoms with E-state index in [0.717, 1.165) is 0 Å². The maximum Gasteiger partial charge on any atom is 0.471 e. The molecule has 16 N–H and O–H groups in total. The number of carboxylic acid groups (broad SMARTS) is 1. The van der Waals surface area contributed by atoms with Crippen LogP contribution in [0.4, 0.5) is 19.0 Å². The minimum Gasteiger partial charge on any atom is -0.494 e. The van der Waals surface area contributed by atoms with E-state index in [1.165, 1.54) is 23.8 Å². The van der Waals surface area contributed by atoms with Crippen LogP contribution in [0, 0.1) is 5.92 Å². The molecule has 1 aliphatic rings. The average Bonchev–Trinajstić information content (AvgIpc) is 1.07. The lowest BCUT2D eigenvalue weighted by Crippen LogP contribution is -2.59. The quantitative estimate of drug-likeness (QED) is 0.0165. The van der Waals surface area contributed by atoms with Gasteiger partial charge in [0.15, 0.2) is 5.96 Å². The third-order valence-electron chi connectivity index (χ3n) is 13.2. The van der Waals surface area contributed by atoms with E-state index in [4.69, 9.17) is 24.7 Å². The van der Waals surface area contributed by atoms with Gasteiger partial charge in [-0.2, -0.15) is 18.3 Å². The summed E-state index contributed by atoms with van der Waals surface area (Å²) in [6.07, 6.45) is -2.65. The van der Waals surface area contributed by atoms with Crippen LogP contribution in [0.3, 0.4) is 0 Å². The molecule has 2 heterocycles. The van der Waals surface area contributed by atoms with Crippen LogP contribution in [0.5, 0.6) is 5.75 Å². The van der Waals surface area contributed by atoms with Crippen molar-refractivity contribution in [3.05, 3.63) is 83.6 Å². The first-order valence-corrected chi connectivity index (χ1v) is 31.2. The van der Waals surface area contributed by atoms with E-state index < -0.39 is 107 Å². The van der Waals surface area contributed by atoms with Gasteiger partial charge in [-0.3, -0.25) is 63.7 Å². The van der Waals surface area contributed by atoms with Crippen molar-refractivity contribution < 1.29 is 98.8 Å². The fraction of sp³-hybridized carbons (Fsp3) is 0.500. The van der Waals surface area contributed by atoms with Gasteiger partial charge in [-0.05, 0) is 73.9 Å². The Labute approximate surface area is 540 Å². The molecule has 4 atom stereocenters. The number of aromatic nitrogens is 1. The van der Waals surface area contributed by atoms with Crippen molar-refractivity contribution in [2.45, 2.75) is 107 Å². The van der Waals surface area contributed by atoms with Gasteiger partial charge in [0.1, 0.15) is 46.6 Å². The number of aliphatic carboxylic acids is 1. The summed E-state index contributed by atoms with van der Waals surface area (Å²) in [5.41, 5.74) is 9.13. The number of carbonyl (C=O) groups excluding carboxylic acids is 9. The lowest BCUT2D eigenvalue weighted by atomic mass is 9.99. The summed E-state index contributed by atoms with van der Waals surface area (Å²) >= 11 is 0. The van der Waals surface area contributed by atoms with Crippen molar-refractivity contribution in [3.8, 4) is 5.75 Å². The molecule has 518 valence electrons. The molecule has 2 aromatic carbocycles. The molecule has 4 rings (SSSR count). The molecule has 32 nitrogen and oxygen atoms in total. The van der Waals surface area contributed by atoms with Gasteiger partial charge in [0.05, 0.1) is 62.7 Å². The second kappa shape index (κ2) is 40.8. The molecule has 0 unspecified atom stereocenters. The van der Waals surface area contributed by atoms with Crippen LogP contribution < -0.4 is 63.7 Å². The van der Waals surface area contributed by atoms with E-state index >= 15 is 0 Å². The van der Waals surface area contributed by atoms with Crippen LogP contribution in [0.1, 0.15) is 86.7 Å². The predicted octanol–water partition coefficient (Wildman–Crippen LogP) is 0.667. The van der Waals surface area contributed by atoms with Crippen molar-refractivity contribution >= 4 is 88.0 Å². The number of anilines is 1. The topological polar surface area (TPSA) is 472 Å². The maximum atomic E-state index is 14.0. The third-order valence-corrected chi connectivity index (χ3v) is 14.1. The highest BCUT2D eigenvalue weighted by molar-refractivity contribution is 8.19. The molecular weight excluding hydrogens is 1270 g/mol. The lowest BCUT2D eigenvalue weighted by Gasteiger charge is -2.27. The normalized spacial score (nSPS) is 17.1. The van der Waals surface area contributed by atoms with Gasteiger partial charge in [0.2, 0.25) is 41.4 Å². The van der Waals surface area contributed by atoms with Gasteiger partial charge in [0, 0.05) is 70.4 Å². The molecule has 1 aromatic heterocycles. The smallest absolute Gasteiger partial charge is 0.471 e. The summed E-state index contributed by atoms with van der Waals surface area (Å²) in [5.74, 6) is -10.4. The second-order valence-corrected chi connectivity index (χ2v) is 22.5. The highest BCUT2D eigenvalue weighted by atomic mass is 32.3. The summed E-state index contributed by atoms with van der Waals surface area (Å²) in [6, 6.07) is 9.55. The Bertz CT molecular complexity index is 3050. The zero-order valence-electron chi connectivity index (χ0n) is 51.6. The number of carbonyl (C=O) groups is 10. The standard InChI is InChI=1S/C58H81F3N14O18S/c1-36(2)50-55(85)71-41(10-5-20-66-57(62)74-56(86)58(59,60)61)52(82)68-35-48(78)70-43(32-49(79)80)53(83)72-42(54(84)73-50)31-37-12-15-40(16-13-37)93-26-8-22-64-47(77)19-18-46(76)63-21-6-24-90-27-29-92-30-28-91-25-7-23-65-51(81)39-14-17-45(67-33-39)75-69-34-38-9-3-4-11-44(38)94(87,88)89/h3-4,9,11-17,33-34,36,41-43,50,87-89H,5-8,10,18-32,35H2,1-2H3,(H,63,76)(H,64,77)(H,65,81)(H,67,75)(H,68,82)(H,70,78)(H,71,85)(H,72,83)(H,73,84)(H,79,80)(H3,62,66,74,86)/b69-34+/t41-,42+,43-,50-/m0/s1. The summed E-state index contributed by atoms with van der Waals surface area (Å²) in [7, 11) is -3.93. The van der Waals surface area contributed by atoms with E-state index in [2.05, 4.69) is 63.0 Å². The maximum absolute atomic E-state index is 14.0. The number of nitrogens with zero attached hydrogens (tertiary/aromatic N) is 3. The first-order chi connectivity index (χ1) is 44.7. The summed E-state index contributed by atoms with van der Waals surface area (Å²) in [6.45, 7) is 5.26.